The van der Waals surface area contributed by atoms with E-state index in [1.165, 1.54) is 0 Å². The van der Waals surface area contributed by atoms with Crippen LogP contribution in [-0.2, 0) is 0 Å². The molecule has 0 aliphatic carbocycles. The predicted octanol–water partition coefficient (Wildman–Crippen LogP) is 2.25. The molecule has 4 aromatic heterocycles. The van der Waals surface area contributed by atoms with E-state index in [0.29, 0.717) is 0 Å². The van der Waals surface area contributed by atoms with Gasteiger partial charge < -0.3 is 0 Å². The fourth-order valence-corrected chi connectivity index (χ4v) is 7.49. The second-order valence-electron chi connectivity index (χ2n) is 5.62. The Morgan fingerprint density at radius 1 is 0.481 bits per heavy atom. The molecule has 0 aliphatic rings. The van der Waals surface area contributed by atoms with Gasteiger partial charge in [0.25, 0.3) is 0 Å². The third-order valence-corrected chi connectivity index (χ3v) is 8.54. The van der Waals surface area contributed by atoms with Crippen molar-refractivity contribution in [3.05, 3.63) is 98.1 Å². The lowest BCUT2D eigenvalue weighted by atomic mass is 10.5. The second-order valence-corrected chi connectivity index (χ2v) is 9.82. The first-order valence-corrected chi connectivity index (χ1v) is 11.1. The molecule has 4 heterocycles. The minimum absolute atomic E-state index is 0.839. The van der Waals surface area contributed by atoms with Crippen LogP contribution in [0.25, 0.3) is 0 Å². The van der Waals surface area contributed by atoms with Gasteiger partial charge in [0, 0.05) is 86.9 Å². The molecule has 0 fully saturated rings. The van der Waals surface area contributed by atoms with E-state index in [-0.39, 0.29) is 0 Å². The molecule has 27 heavy (non-hydrogen) atoms. The highest BCUT2D eigenvalue weighted by Crippen LogP contribution is 2.41. The maximum absolute atomic E-state index is 4.32. The number of hydrogen-bond donors (Lipinski definition) is 1. The Morgan fingerprint density at radius 3 is 1.00 bits per heavy atom. The van der Waals surface area contributed by atoms with Gasteiger partial charge in [-0.1, -0.05) is 0 Å². The van der Waals surface area contributed by atoms with Gasteiger partial charge in [-0.15, -0.1) is 0 Å². The largest absolute Gasteiger partial charge is 0.264 e. The zero-order valence-electron chi connectivity index (χ0n) is 14.4. The van der Waals surface area contributed by atoms with E-state index >= 15 is 0 Å². The lowest BCUT2D eigenvalue weighted by Crippen LogP contribution is -2.28. The Bertz CT molecular complexity index is 797. The minimum atomic E-state index is -0.839. The smallest absolute Gasteiger partial charge is 0.0360 e. The van der Waals surface area contributed by atoms with Crippen LogP contribution in [0.5, 0.6) is 0 Å². The summed E-state index contributed by atoms with van der Waals surface area (Å²) in [5, 5.41) is 4.61. The molecule has 0 saturated carbocycles. The first-order chi connectivity index (χ1) is 13.4. The molecule has 0 atom stereocenters. The third kappa shape index (κ3) is 4.40. The van der Waals surface area contributed by atoms with E-state index in [9.17, 15) is 0 Å². The van der Waals surface area contributed by atoms with Gasteiger partial charge in [0.05, 0.1) is 0 Å². The number of nitrogens with one attached hydrogen (secondary N) is 1. The SMILES string of the molecule is c1cncc(P(NP(c2cccnc2)c2cccnc2)c2cccnc2)c1. The highest BCUT2D eigenvalue weighted by atomic mass is 31.2. The summed E-state index contributed by atoms with van der Waals surface area (Å²) in [7, 11) is -1.68. The molecular formula is C20H17N5P2. The molecule has 0 saturated heterocycles. The van der Waals surface area contributed by atoms with Crippen molar-refractivity contribution < 1.29 is 0 Å². The van der Waals surface area contributed by atoms with E-state index < -0.39 is 16.1 Å². The normalized spacial score (nSPS) is 11.0. The van der Waals surface area contributed by atoms with Crippen molar-refractivity contribution in [2.24, 2.45) is 0 Å². The minimum Gasteiger partial charge on any atom is -0.264 e. The fourth-order valence-electron chi connectivity index (χ4n) is 2.57. The average molecular weight is 389 g/mol. The summed E-state index contributed by atoms with van der Waals surface area (Å²) in [6.45, 7) is 0. The van der Waals surface area contributed by atoms with Crippen molar-refractivity contribution in [1.82, 2.24) is 24.8 Å². The van der Waals surface area contributed by atoms with Crippen molar-refractivity contribution in [2.45, 2.75) is 0 Å². The Hall–Kier alpha value is -2.58. The Morgan fingerprint density at radius 2 is 0.778 bits per heavy atom. The molecule has 0 unspecified atom stereocenters. The molecule has 0 amide bonds. The predicted molar refractivity (Wildman–Crippen MR) is 112 cm³/mol. The van der Waals surface area contributed by atoms with Crippen molar-refractivity contribution in [2.75, 3.05) is 0 Å². The zero-order valence-corrected chi connectivity index (χ0v) is 16.2. The van der Waals surface area contributed by atoms with E-state index in [0.717, 1.165) is 21.2 Å². The van der Waals surface area contributed by atoms with Gasteiger partial charge in [0.15, 0.2) is 0 Å². The number of nitrogens with zero attached hydrogens (tertiary/aromatic N) is 4. The fraction of sp³-hybridized carbons (Fsp3) is 0. The maximum atomic E-state index is 4.32. The van der Waals surface area contributed by atoms with Crippen LogP contribution in [0.4, 0.5) is 0 Å². The number of hydrogen-bond acceptors (Lipinski definition) is 5. The molecular weight excluding hydrogens is 372 g/mol. The van der Waals surface area contributed by atoms with E-state index in [1.54, 1.807) is 24.8 Å². The summed E-state index contributed by atoms with van der Waals surface area (Å²) >= 11 is 0. The van der Waals surface area contributed by atoms with Crippen molar-refractivity contribution in [1.29, 1.82) is 0 Å². The third-order valence-electron chi connectivity index (χ3n) is 3.82. The van der Waals surface area contributed by atoms with Gasteiger partial charge in [0.1, 0.15) is 0 Å². The van der Waals surface area contributed by atoms with Gasteiger partial charge in [-0.05, 0) is 48.5 Å². The van der Waals surface area contributed by atoms with E-state index in [2.05, 4.69) is 49.1 Å². The summed E-state index contributed by atoms with van der Waals surface area (Å²) in [6.07, 6.45) is 14.9. The molecule has 1 N–H and O–H groups in total. The highest BCUT2D eigenvalue weighted by Gasteiger charge is 2.22. The van der Waals surface area contributed by atoms with Crippen LogP contribution in [0.3, 0.4) is 0 Å². The number of pyridine rings is 4. The summed E-state index contributed by atoms with van der Waals surface area (Å²) in [5.41, 5.74) is 0. The molecule has 0 aliphatic heterocycles. The van der Waals surface area contributed by atoms with Crippen LogP contribution in [0.15, 0.2) is 98.1 Å². The topological polar surface area (TPSA) is 63.6 Å². The van der Waals surface area contributed by atoms with E-state index in [1.807, 2.05) is 49.1 Å². The van der Waals surface area contributed by atoms with Crippen molar-refractivity contribution in [3.63, 3.8) is 0 Å². The summed E-state index contributed by atoms with van der Waals surface area (Å²) in [6, 6.07) is 16.3. The number of rotatable bonds is 6. The first kappa shape index (κ1) is 17.8. The van der Waals surface area contributed by atoms with Gasteiger partial charge in [-0.25, -0.2) is 0 Å². The maximum Gasteiger partial charge on any atom is 0.0360 e. The Labute approximate surface area is 160 Å². The number of aromatic nitrogens is 4. The molecule has 132 valence electrons. The van der Waals surface area contributed by atoms with Gasteiger partial charge in [0.2, 0.25) is 0 Å². The lowest BCUT2D eigenvalue weighted by molar-refractivity contribution is 1.33. The zero-order chi connectivity index (χ0) is 18.3. The Kier molecular flexibility index (Phi) is 5.86. The van der Waals surface area contributed by atoms with Crippen LogP contribution in [0, 0.1) is 0 Å². The van der Waals surface area contributed by atoms with Gasteiger partial charge in [-0.2, -0.15) is 0 Å². The van der Waals surface area contributed by atoms with Crippen LogP contribution < -0.4 is 26.1 Å². The van der Waals surface area contributed by atoms with Crippen LogP contribution >= 0.6 is 16.1 Å². The van der Waals surface area contributed by atoms with E-state index in [4.69, 9.17) is 0 Å². The standard InChI is InChI=1S/C20H17N5P2/c1-5-17(13-21-9-1)26(18-6-2-10-22-14-18)25-27(19-7-3-11-23-15-19)20-8-4-12-24-16-20/h1-16,25H. The van der Waals surface area contributed by atoms with Gasteiger partial charge >= 0.3 is 0 Å². The van der Waals surface area contributed by atoms with Crippen LogP contribution in [-0.4, -0.2) is 19.9 Å². The van der Waals surface area contributed by atoms with Crippen molar-refractivity contribution >= 4 is 37.4 Å². The summed E-state index contributed by atoms with van der Waals surface area (Å²) in [4.78, 5) is 21.2. The average Bonchev–Trinajstić information content (AvgIpc) is 2.77. The molecule has 0 bridgehead atoms. The first-order valence-electron chi connectivity index (χ1n) is 8.38. The molecule has 4 rings (SSSR count). The van der Waals surface area contributed by atoms with Gasteiger partial charge in [-0.3, -0.25) is 24.8 Å². The quantitative estimate of drug-likeness (QED) is 0.513. The molecule has 0 spiro atoms. The molecule has 0 aromatic carbocycles. The summed E-state index contributed by atoms with van der Waals surface area (Å²) < 4.78 is 0. The molecule has 0 radical (unpaired) electrons. The molecule has 4 aromatic rings. The lowest BCUT2D eigenvalue weighted by Gasteiger charge is -2.26. The Balaban J connectivity index is 1.77. The molecule has 5 nitrogen and oxygen atoms in total. The molecule has 7 heteroatoms. The summed E-state index contributed by atoms with van der Waals surface area (Å²) in [5.74, 6) is 0. The van der Waals surface area contributed by atoms with Crippen molar-refractivity contribution in [3.8, 4) is 0 Å². The monoisotopic (exact) mass is 389 g/mol. The highest BCUT2D eigenvalue weighted by molar-refractivity contribution is 7.85. The van der Waals surface area contributed by atoms with Crippen LogP contribution in [0.2, 0.25) is 0 Å². The second kappa shape index (κ2) is 8.88. The van der Waals surface area contributed by atoms with Crippen LogP contribution in [0.1, 0.15) is 0 Å².